The first kappa shape index (κ1) is 22.2. The number of benzene rings is 2. The maximum Gasteiger partial charge on any atom is 0.418 e. The Morgan fingerprint density at radius 1 is 1.21 bits per heavy atom. The SMILES string of the molecule is FC(F)(F)c1cc(Cl)ccc1NC(=S)N(Cc1ccccc1Cl)C[C@@H]1CCCO1. The van der Waals surface area contributed by atoms with Gasteiger partial charge < -0.3 is 15.0 Å². The van der Waals surface area contributed by atoms with Crippen molar-refractivity contribution in [1.82, 2.24) is 4.90 Å². The quantitative estimate of drug-likeness (QED) is 0.520. The third-order valence-corrected chi connectivity index (χ3v) is 5.55. The maximum atomic E-state index is 13.4. The summed E-state index contributed by atoms with van der Waals surface area (Å²) in [6.07, 6.45) is -2.79. The fraction of sp³-hybridized carbons (Fsp3) is 0.350. The average molecular weight is 463 g/mol. The van der Waals surface area contributed by atoms with E-state index in [9.17, 15) is 13.2 Å². The smallest absolute Gasteiger partial charge is 0.376 e. The molecule has 1 heterocycles. The molecule has 156 valence electrons. The molecule has 1 N–H and O–H groups in total. The second kappa shape index (κ2) is 9.51. The van der Waals surface area contributed by atoms with Crippen molar-refractivity contribution in [3.05, 3.63) is 63.6 Å². The van der Waals surface area contributed by atoms with Crippen LogP contribution in [0.5, 0.6) is 0 Å². The molecule has 9 heteroatoms. The first-order valence-electron chi connectivity index (χ1n) is 9.01. The number of nitrogens with one attached hydrogen (secondary N) is 1. The highest BCUT2D eigenvalue weighted by molar-refractivity contribution is 7.80. The second-order valence-electron chi connectivity index (χ2n) is 6.72. The van der Waals surface area contributed by atoms with Crippen molar-refractivity contribution in [1.29, 1.82) is 0 Å². The Labute approximate surface area is 182 Å². The zero-order chi connectivity index (χ0) is 21.0. The Morgan fingerprint density at radius 3 is 2.62 bits per heavy atom. The van der Waals surface area contributed by atoms with Crippen LogP contribution >= 0.6 is 35.4 Å². The molecule has 0 amide bonds. The van der Waals surface area contributed by atoms with Gasteiger partial charge in [-0.25, -0.2) is 0 Å². The number of alkyl halides is 3. The number of hydrogen-bond donors (Lipinski definition) is 1. The molecule has 0 spiro atoms. The molecule has 2 aromatic carbocycles. The van der Waals surface area contributed by atoms with Gasteiger partial charge >= 0.3 is 6.18 Å². The minimum absolute atomic E-state index is 0.000993. The molecule has 0 radical (unpaired) electrons. The number of thiocarbonyl (C=S) groups is 1. The predicted octanol–water partition coefficient (Wildman–Crippen LogP) is 6.39. The number of hydrogen-bond acceptors (Lipinski definition) is 2. The molecule has 1 aliphatic rings. The van der Waals surface area contributed by atoms with E-state index in [-0.39, 0.29) is 21.9 Å². The highest BCUT2D eigenvalue weighted by Gasteiger charge is 2.34. The molecule has 3 rings (SSSR count). The van der Waals surface area contributed by atoms with Crippen LogP contribution in [-0.2, 0) is 17.5 Å². The van der Waals surface area contributed by atoms with E-state index < -0.39 is 11.7 Å². The Morgan fingerprint density at radius 2 is 1.97 bits per heavy atom. The minimum Gasteiger partial charge on any atom is -0.376 e. The normalized spacial score (nSPS) is 16.7. The van der Waals surface area contributed by atoms with Gasteiger partial charge in [-0.3, -0.25) is 0 Å². The van der Waals surface area contributed by atoms with Gasteiger partial charge in [0.2, 0.25) is 0 Å². The number of ether oxygens (including phenoxy) is 1. The second-order valence-corrected chi connectivity index (χ2v) is 7.96. The van der Waals surface area contributed by atoms with Crippen LogP contribution < -0.4 is 5.32 Å². The number of halogens is 5. The van der Waals surface area contributed by atoms with Gasteiger partial charge in [-0.05, 0) is 54.9 Å². The molecular formula is C20H19Cl2F3N2OS. The van der Waals surface area contributed by atoms with Crippen LogP contribution in [0.2, 0.25) is 10.0 Å². The van der Waals surface area contributed by atoms with E-state index in [0.717, 1.165) is 24.5 Å². The molecule has 0 unspecified atom stereocenters. The Balaban J connectivity index is 1.84. The van der Waals surface area contributed by atoms with Gasteiger partial charge in [0.25, 0.3) is 0 Å². The standard InChI is InChI=1S/C20H19Cl2F3N2OS/c21-14-7-8-18(16(10-14)20(23,24)25)26-19(29)27(12-15-5-3-9-28-15)11-13-4-1-2-6-17(13)22/h1-2,4,6-8,10,15H,3,5,9,11-12H2,(H,26,29)/t15-/m0/s1. The Bertz CT molecular complexity index is 873. The van der Waals surface area contributed by atoms with Crippen molar-refractivity contribution in [2.75, 3.05) is 18.5 Å². The van der Waals surface area contributed by atoms with Crippen molar-refractivity contribution in [3.63, 3.8) is 0 Å². The fourth-order valence-corrected chi connectivity index (χ4v) is 3.76. The third kappa shape index (κ3) is 5.98. The predicted molar refractivity (Wildman–Crippen MR) is 114 cm³/mol. The van der Waals surface area contributed by atoms with Crippen LogP contribution in [0.15, 0.2) is 42.5 Å². The Kier molecular flexibility index (Phi) is 7.27. The lowest BCUT2D eigenvalue weighted by Gasteiger charge is -2.29. The number of rotatable bonds is 5. The summed E-state index contributed by atoms with van der Waals surface area (Å²) in [5, 5.41) is 3.46. The van der Waals surface area contributed by atoms with Crippen molar-refractivity contribution in [2.24, 2.45) is 0 Å². The zero-order valence-corrected chi connectivity index (χ0v) is 17.6. The molecule has 0 bridgehead atoms. The molecule has 0 aliphatic carbocycles. The molecule has 0 saturated carbocycles. The van der Waals surface area contributed by atoms with Crippen molar-refractivity contribution < 1.29 is 17.9 Å². The maximum absolute atomic E-state index is 13.4. The third-order valence-electron chi connectivity index (χ3n) is 4.58. The first-order chi connectivity index (χ1) is 13.7. The van der Waals surface area contributed by atoms with Gasteiger partial charge in [0.15, 0.2) is 5.11 Å². The first-order valence-corrected chi connectivity index (χ1v) is 10.2. The summed E-state index contributed by atoms with van der Waals surface area (Å²) in [4.78, 5) is 1.78. The van der Waals surface area contributed by atoms with E-state index in [0.29, 0.717) is 24.7 Å². The van der Waals surface area contributed by atoms with E-state index in [1.807, 2.05) is 18.2 Å². The van der Waals surface area contributed by atoms with Gasteiger partial charge in [-0.1, -0.05) is 41.4 Å². The highest BCUT2D eigenvalue weighted by Crippen LogP contribution is 2.36. The fourth-order valence-electron chi connectivity index (χ4n) is 3.14. The molecule has 1 fully saturated rings. The van der Waals surface area contributed by atoms with Crippen LogP contribution in [-0.4, -0.2) is 29.3 Å². The monoisotopic (exact) mass is 462 g/mol. The van der Waals surface area contributed by atoms with E-state index in [1.54, 1.807) is 11.0 Å². The molecule has 0 aromatic heterocycles. The van der Waals surface area contributed by atoms with Crippen LogP contribution in [0.1, 0.15) is 24.0 Å². The van der Waals surface area contributed by atoms with Crippen molar-refractivity contribution >= 4 is 46.2 Å². The van der Waals surface area contributed by atoms with Crippen molar-refractivity contribution in [3.8, 4) is 0 Å². The summed E-state index contributed by atoms with van der Waals surface area (Å²) >= 11 is 17.5. The average Bonchev–Trinajstić information content (AvgIpc) is 3.16. The van der Waals surface area contributed by atoms with Crippen LogP contribution in [0.25, 0.3) is 0 Å². The minimum atomic E-state index is -4.56. The molecule has 1 saturated heterocycles. The van der Waals surface area contributed by atoms with Gasteiger partial charge in [-0.2, -0.15) is 13.2 Å². The molecule has 2 aromatic rings. The van der Waals surface area contributed by atoms with E-state index >= 15 is 0 Å². The summed E-state index contributed by atoms with van der Waals surface area (Å²) in [5.41, 5.74) is -0.200. The highest BCUT2D eigenvalue weighted by atomic mass is 35.5. The lowest BCUT2D eigenvalue weighted by Crippen LogP contribution is -2.39. The van der Waals surface area contributed by atoms with Gasteiger partial charge in [0.1, 0.15) is 0 Å². The van der Waals surface area contributed by atoms with Gasteiger partial charge in [-0.15, -0.1) is 0 Å². The van der Waals surface area contributed by atoms with Gasteiger partial charge in [0, 0.05) is 29.7 Å². The Hall–Kier alpha value is -1.54. The molecule has 1 atom stereocenters. The largest absolute Gasteiger partial charge is 0.418 e. The lowest BCUT2D eigenvalue weighted by molar-refractivity contribution is -0.136. The molecule has 3 nitrogen and oxygen atoms in total. The topological polar surface area (TPSA) is 24.5 Å². The van der Waals surface area contributed by atoms with Gasteiger partial charge in [0.05, 0.1) is 17.4 Å². The number of nitrogens with zero attached hydrogens (tertiary/aromatic N) is 1. The summed E-state index contributed by atoms with van der Waals surface area (Å²) in [7, 11) is 0. The van der Waals surface area contributed by atoms with Crippen LogP contribution in [0, 0.1) is 0 Å². The van der Waals surface area contributed by atoms with E-state index in [1.165, 1.54) is 12.1 Å². The van der Waals surface area contributed by atoms with Crippen LogP contribution in [0.4, 0.5) is 18.9 Å². The summed E-state index contributed by atoms with van der Waals surface area (Å²) in [6.45, 7) is 1.46. The van der Waals surface area contributed by atoms with Crippen molar-refractivity contribution in [2.45, 2.75) is 31.7 Å². The van der Waals surface area contributed by atoms with Crippen LogP contribution in [0.3, 0.4) is 0 Å². The zero-order valence-electron chi connectivity index (χ0n) is 15.3. The molecule has 29 heavy (non-hydrogen) atoms. The molecule has 1 aliphatic heterocycles. The lowest BCUT2D eigenvalue weighted by atomic mass is 10.1. The number of anilines is 1. The van der Waals surface area contributed by atoms with E-state index in [4.69, 9.17) is 40.2 Å². The van der Waals surface area contributed by atoms with E-state index in [2.05, 4.69) is 5.32 Å². The summed E-state index contributed by atoms with van der Waals surface area (Å²) < 4.78 is 45.9. The molecular weight excluding hydrogens is 444 g/mol. The summed E-state index contributed by atoms with van der Waals surface area (Å²) in [6, 6.07) is 10.8. The summed E-state index contributed by atoms with van der Waals surface area (Å²) in [5.74, 6) is 0.